The Morgan fingerprint density at radius 3 is 3.06 bits per heavy atom. The molecule has 0 saturated carbocycles. The Morgan fingerprint density at radius 1 is 1.75 bits per heavy atom. The summed E-state index contributed by atoms with van der Waals surface area (Å²) in [5.74, 6) is -0.822. The Morgan fingerprint density at radius 2 is 2.50 bits per heavy atom. The number of rotatable bonds is 7. The van der Waals surface area contributed by atoms with Crippen LogP contribution in [0.5, 0.6) is 0 Å². The lowest BCUT2D eigenvalue weighted by molar-refractivity contribution is 0.0537. The molecular weight excluding hydrogens is 206 g/mol. The van der Waals surface area contributed by atoms with E-state index >= 15 is 0 Å². The highest BCUT2D eigenvalue weighted by Crippen LogP contribution is 2.16. The minimum Gasteiger partial charge on any atom is -0.390 e. The highest BCUT2D eigenvalue weighted by atomic mass is 16.5. The number of nitrogens with zero attached hydrogens (tertiary/aromatic N) is 2. The van der Waals surface area contributed by atoms with E-state index in [9.17, 15) is 5.11 Å². The maximum absolute atomic E-state index is 9.64. The van der Waals surface area contributed by atoms with Gasteiger partial charge in [0.15, 0.2) is 0 Å². The molecule has 0 aromatic rings. The number of hydrogen-bond acceptors (Lipinski definition) is 5. The molecule has 0 bridgehead atoms. The van der Waals surface area contributed by atoms with Crippen molar-refractivity contribution in [1.29, 1.82) is 0 Å². The first-order valence-electron chi connectivity index (χ1n) is 5.39. The molecule has 5 heteroatoms. The Balaban J connectivity index is 2.36. The summed E-state index contributed by atoms with van der Waals surface area (Å²) in [5.41, 5.74) is 6.56. The largest absolute Gasteiger partial charge is 0.390 e. The zero-order valence-electron chi connectivity index (χ0n) is 9.59. The Kier molecular flexibility index (Phi) is 4.79. The second-order valence-electron chi connectivity index (χ2n) is 3.78. The van der Waals surface area contributed by atoms with E-state index in [0.717, 1.165) is 5.71 Å². The van der Waals surface area contributed by atoms with Crippen LogP contribution in [-0.4, -0.2) is 42.1 Å². The van der Waals surface area contributed by atoms with Crippen LogP contribution >= 0.6 is 0 Å². The van der Waals surface area contributed by atoms with Gasteiger partial charge < -0.3 is 9.84 Å². The van der Waals surface area contributed by atoms with Gasteiger partial charge in [-0.2, -0.15) is 0 Å². The van der Waals surface area contributed by atoms with E-state index in [1.807, 2.05) is 6.92 Å². The zero-order chi connectivity index (χ0) is 12.0. The summed E-state index contributed by atoms with van der Waals surface area (Å²) in [6.07, 6.45) is 3.75. The molecule has 0 spiro atoms. The lowest BCUT2D eigenvalue weighted by Crippen LogP contribution is -2.32. The third-order valence-electron chi connectivity index (χ3n) is 2.29. The molecule has 0 aliphatic carbocycles. The Bertz CT molecular complexity index is 302. The third-order valence-corrected chi connectivity index (χ3v) is 2.29. The molecule has 90 valence electrons. The second-order valence-corrected chi connectivity index (χ2v) is 3.78. The van der Waals surface area contributed by atoms with Crippen LogP contribution in [0.2, 0.25) is 0 Å². The van der Waals surface area contributed by atoms with Gasteiger partial charge in [-0.3, -0.25) is 5.73 Å². The standard InChI is InChI=1S/C11H19N3O2/c1-3-5-16-8-10(15)6-9-7-13-11(12,4-2)14-9/h3,7,10,15H,1,4-6,8,12H2,2H3. The van der Waals surface area contributed by atoms with Gasteiger partial charge in [0.05, 0.1) is 25.0 Å². The fourth-order valence-electron chi connectivity index (χ4n) is 1.35. The third kappa shape index (κ3) is 3.84. The van der Waals surface area contributed by atoms with Gasteiger partial charge >= 0.3 is 0 Å². The minimum absolute atomic E-state index is 0.266. The molecule has 16 heavy (non-hydrogen) atoms. The molecule has 5 nitrogen and oxygen atoms in total. The smallest absolute Gasteiger partial charge is 0.201 e. The highest BCUT2D eigenvalue weighted by molar-refractivity contribution is 6.32. The first-order chi connectivity index (χ1) is 7.59. The fraction of sp³-hybridized carbons (Fsp3) is 0.636. The molecule has 2 unspecified atom stereocenters. The van der Waals surface area contributed by atoms with Crippen molar-refractivity contribution in [2.24, 2.45) is 15.7 Å². The van der Waals surface area contributed by atoms with E-state index in [1.54, 1.807) is 12.3 Å². The summed E-state index contributed by atoms with van der Waals surface area (Å²) in [6, 6.07) is 0. The molecule has 0 saturated heterocycles. The summed E-state index contributed by atoms with van der Waals surface area (Å²) in [5, 5.41) is 9.64. The van der Waals surface area contributed by atoms with Crippen LogP contribution in [0, 0.1) is 0 Å². The van der Waals surface area contributed by atoms with Crippen molar-refractivity contribution in [3.63, 3.8) is 0 Å². The van der Waals surface area contributed by atoms with Crippen molar-refractivity contribution in [1.82, 2.24) is 0 Å². The van der Waals surface area contributed by atoms with Gasteiger partial charge in [0.1, 0.15) is 0 Å². The van der Waals surface area contributed by atoms with Gasteiger partial charge in [0.2, 0.25) is 5.79 Å². The molecule has 0 radical (unpaired) electrons. The normalized spacial score (nSPS) is 25.6. The predicted octanol–water partition coefficient (Wildman–Crippen LogP) is 0.488. The van der Waals surface area contributed by atoms with E-state index in [4.69, 9.17) is 10.5 Å². The van der Waals surface area contributed by atoms with E-state index in [-0.39, 0.29) is 6.61 Å². The van der Waals surface area contributed by atoms with E-state index < -0.39 is 11.9 Å². The SMILES string of the molecule is C=CCOCC(O)CC1=NC(N)(CC)N=C1. The minimum atomic E-state index is -0.822. The van der Waals surface area contributed by atoms with Gasteiger partial charge in [0, 0.05) is 19.1 Å². The summed E-state index contributed by atoms with van der Waals surface area (Å²) < 4.78 is 5.13. The average Bonchev–Trinajstić information content (AvgIpc) is 2.61. The van der Waals surface area contributed by atoms with Gasteiger partial charge in [-0.25, -0.2) is 9.98 Å². The Hall–Kier alpha value is -1.04. The van der Waals surface area contributed by atoms with Gasteiger partial charge in [-0.1, -0.05) is 13.0 Å². The van der Waals surface area contributed by atoms with Crippen LogP contribution < -0.4 is 5.73 Å². The number of aliphatic hydroxyl groups excluding tert-OH is 1. The van der Waals surface area contributed by atoms with Gasteiger partial charge in [0.25, 0.3) is 0 Å². The molecule has 1 aliphatic rings. The molecule has 1 heterocycles. The van der Waals surface area contributed by atoms with Crippen molar-refractivity contribution in [2.45, 2.75) is 31.7 Å². The van der Waals surface area contributed by atoms with Crippen LogP contribution in [0.15, 0.2) is 22.6 Å². The summed E-state index contributed by atoms with van der Waals surface area (Å²) >= 11 is 0. The van der Waals surface area contributed by atoms with Crippen molar-refractivity contribution in [3.8, 4) is 0 Å². The van der Waals surface area contributed by atoms with Crippen LogP contribution in [-0.2, 0) is 4.74 Å². The van der Waals surface area contributed by atoms with Crippen molar-refractivity contribution >= 4 is 11.9 Å². The molecule has 0 aromatic carbocycles. The van der Waals surface area contributed by atoms with Crippen molar-refractivity contribution in [2.75, 3.05) is 13.2 Å². The second kappa shape index (κ2) is 5.89. The van der Waals surface area contributed by atoms with Crippen molar-refractivity contribution in [3.05, 3.63) is 12.7 Å². The molecular formula is C11H19N3O2. The van der Waals surface area contributed by atoms with Crippen LogP contribution in [0.3, 0.4) is 0 Å². The lowest BCUT2D eigenvalue weighted by Gasteiger charge is -2.14. The molecule has 2 atom stereocenters. The number of ether oxygens (including phenoxy) is 1. The van der Waals surface area contributed by atoms with Crippen LogP contribution in [0.4, 0.5) is 0 Å². The predicted molar refractivity (Wildman–Crippen MR) is 64.8 cm³/mol. The van der Waals surface area contributed by atoms with E-state index in [2.05, 4.69) is 16.6 Å². The van der Waals surface area contributed by atoms with Gasteiger partial charge in [-0.15, -0.1) is 6.58 Å². The highest BCUT2D eigenvalue weighted by Gasteiger charge is 2.25. The van der Waals surface area contributed by atoms with E-state index in [0.29, 0.717) is 19.4 Å². The van der Waals surface area contributed by atoms with Crippen molar-refractivity contribution < 1.29 is 9.84 Å². The van der Waals surface area contributed by atoms with Crippen LogP contribution in [0.1, 0.15) is 19.8 Å². The first-order valence-corrected chi connectivity index (χ1v) is 5.39. The lowest BCUT2D eigenvalue weighted by atomic mass is 10.2. The number of nitrogens with two attached hydrogens (primary N) is 1. The summed E-state index contributed by atoms with van der Waals surface area (Å²) in [7, 11) is 0. The molecule has 0 fully saturated rings. The Labute approximate surface area is 95.7 Å². The average molecular weight is 225 g/mol. The monoisotopic (exact) mass is 225 g/mol. The molecule has 0 amide bonds. The topological polar surface area (TPSA) is 80.2 Å². The molecule has 1 aliphatic heterocycles. The quantitative estimate of drug-likeness (QED) is 0.488. The molecule has 0 aromatic heterocycles. The van der Waals surface area contributed by atoms with E-state index in [1.165, 1.54) is 0 Å². The maximum Gasteiger partial charge on any atom is 0.201 e. The number of aliphatic hydroxyl groups is 1. The zero-order valence-corrected chi connectivity index (χ0v) is 9.59. The van der Waals surface area contributed by atoms with Crippen LogP contribution in [0.25, 0.3) is 0 Å². The number of aliphatic imine (C=N–C) groups is 2. The van der Waals surface area contributed by atoms with Gasteiger partial charge in [-0.05, 0) is 0 Å². The summed E-state index contributed by atoms with van der Waals surface area (Å²) in [4.78, 5) is 8.34. The fourth-order valence-corrected chi connectivity index (χ4v) is 1.35. The summed E-state index contributed by atoms with van der Waals surface area (Å²) in [6.45, 7) is 6.15. The number of hydrogen-bond donors (Lipinski definition) is 2. The molecule has 1 rings (SSSR count). The molecule has 3 N–H and O–H groups in total. The maximum atomic E-state index is 9.64. The first kappa shape index (κ1) is 13.0.